The Bertz CT molecular complexity index is 483. The van der Waals surface area contributed by atoms with E-state index < -0.39 is 17.7 Å². The van der Waals surface area contributed by atoms with Gasteiger partial charge in [0.1, 0.15) is 5.82 Å². The molecule has 4 nitrogen and oxygen atoms in total. The molecule has 1 aliphatic heterocycles. The first-order valence-corrected chi connectivity index (χ1v) is 6.77. The number of nitrogens with one attached hydrogen (secondary N) is 2. The van der Waals surface area contributed by atoms with Gasteiger partial charge in [-0.3, -0.25) is 9.69 Å². The quantitative estimate of drug-likeness (QED) is 0.896. The second kappa shape index (κ2) is 6.47. The van der Waals surface area contributed by atoms with Crippen molar-refractivity contribution in [2.75, 3.05) is 31.5 Å². The molecule has 0 saturated carbocycles. The van der Waals surface area contributed by atoms with E-state index in [0.717, 1.165) is 32.2 Å². The topological polar surface area (TPSA) is 44.4 Å². The van der Waals surface area contributed by atoms with E-state index in [0.29, 0.717) is 6.07 Å². The lowest BCUT2D eigenvalue weighted by molar-refractivity contribution is -0.121. The largest absolute Gasteiger partial charge is 0.321 e. The first-order chi connectivity index (χ1) is 9.49. The van der Waals surface area contributed by atoms with Crippen LogP contribution in [0.15, 0.2) is 12.1 Å². The summed E-state index contributed by atoms with van der Waals surface area (Å²) in [4.78, 5) is 14.1. The zero-order valence-corrected chi connectivity index (χ0v) is 11.8. The van der Waals surface area contributed by atoms with E-state index in [1.165, 1.54) is 0 Å². The monoisotopic (exact) mass is 303 g/mol. The van der Waals surface area contributed by atoms with Crippen molar-refractivity contribution in [2.24, 2.45) is 0 Å². The van der Waals surface area contributed by atoms with Gasteiger partial charge in [0.15, 0.2) is 5.82 Å². The Balaban J connectivity index is 2.07. The zero-order valence-electron chi connectivity index (χ0n) is 11.0. The van der Waals surface area contributed by atoms with Crippen molar-refractivity contribution in [1.82, 2.24) is 10.2 Å². The molecule has 0 spiro atoms. The molecule has 1 saturated heterocycles. The molecule has 2 N–H and O–H groups in total. The number of benzene rings is 1. The molecule has 1 unspecified atom stereocenters. The van der Waals surface area contributed by atoms with Crippen LogP contribution in [-0.2, 0) is 4.79 Å². The molecule has 1 heterocycles. The van der Waals surface area contributed by atoms with Crippen molar-refractivity contribution >= 4 is 23.2 Å². The van der Waals surface area contributed by atoms with Crippen LogP contribution in [0, 0.1) is 11.6 Å². The van der Waals surface area contributed by atoms with Crippen LogP contribution in [0.1, 0.15) is 6.92 Å². The van der Waals surface area contributed by atoms with Gasteiger partial charge < -0.3 is 10.6 Å². The molecule has 0 radical (unpaired) electrons. The van der Waals surface area contributed by atoms with Crippen LogP contribution in [0.2, 0.25) is 5.02 Å². The van der Waals surface area contributed by atoms with E-state index in [1.54, 1.807) is 6.92 Å². The standard InChI is InChI=1S/C13H16ClF2N3O/c1-8(19-4-2-17-3-5-19)13(20)18-12-10(14)6-9(15)7-11(12)16/h6-8,17H,2-5H2,1H3,(H,18,20). The minimum Gasteiger partial charge on any atom is -0.321 e. The number of carbonyl (C=O) groups excluding carboxylic acids is 1. The Morgan fingerprint density at radius 1 is 1.40 bits per heavy atom. The number of hydrogen-bond donors (Lipinski definition) is 2. The van der Waals surface area contributed by atoms with Gasteiger partial charge in [-0.15, -0.1) is 0 Å². The summed E-state index contributed by atoms with van der Waals surface area (Å²) in [6.45, 7) is 4.85. The number of amides is 1. The molecular weight excluding hydrogens is 288 g/mol. The van der Waals surface area contributed by atoms with Gasteiger partial charge in [-0.05, 0) is 13.0 Å². The van der Waals surface area contributed by atoms with E-state index in [2.05, 4.69) is 10.6 Å². The van der Waals surface area contributed by atoms with Gasteiger partial charge in [-0.25, -0.2) is 8.78 Å². The van der Waals surface area contributed by atoms with E-state index in [9.17, 15) is 13.6 Å². The van der Waals surface area contributed by atoms with Crippen LogP contribution in [0.3, 0.4) is 0 Å². The van der Waals surface area contributed by atoms with E-state index in [4.69, 9.17) is 11.6 Å². The van der Waals surface area contributed by atoms with E-state index in [1.807, 2.05) is 4.90 Å². The van der Waals surface area contributed by atoms with Gasteiger partial charge in [0, 0.05) is 32.2 Å². The molecule has 0 aliphatic carbocycles. The third-order valence-corrected chi connectivity index (χ3v) is 3.63. The average molecular weight is 304 g/mol. The maximum Gasteiger partial charge on any atom is 0.241 e. The lowest BCUT2D eigenvalue weighted by Crippen LogP contribution is -2.51. The zero-order chi connectivity index (χ0) is 14.7. The predicted molar refractivity (Wildman–Crippen MR) is 73.9 cm³/mol. The minimum absolute atomic E-state index is 0.150. The first kappa shape index (κ1) is 15.2. The van der Waals surface area contributed by atoms with Crippen molar-refractivity contribution in [3.05, 3.63) is 28.8 Å². The SMILES string of the molecule is CC(C(=O)Nc1c(F)cc(F)cc1Cl)N1CCNCC1. The third-order valence-electron chi connectivity index (χ3n) is 3.33. The maximum atomic E-state index is 13.6. The molecule has 2 rings (SSSR count). The van der Waals surface area contributed by atoms with Gasteiger partial charge in [0.25, 0.3) is 0 Å². The van der Waals surface area contributed by atoms with Gasteiger partial charge >= 0.3 is 0 Å². The van der Waals surface area contributed by atoms with Crippen LogP contribution in [-0.4, -0.2) is 43.0 Å². The van der Waals surface area contributed by atoms with Crippen molar-refractivity contribution in [2.45, 2.75) is 13.0 Å². The molecule has 1 fully saturated rings. The molecule has 7 heteroatoms. The number of anilines is 1. The van der Waals surface area contributed by atoms with Crippen molar-refractivity contribution in [3.8, 4) is 0 Å². The molecule has 110 valence electrons. The first-order valence-electron chi connectivity index (χ1n) is 6.39. The number of piperazine rings is 1. The molecule has 1 atom stereocenters. The fourth-order valence-corrected chi connectivity index (χ4v) is 2.37. The summed E-state index contributed by atoms with van der Waals surface area (Å²) in [5, 5.41) is 5.46. The maximum absolute atomic E-state index is 13.6. The smallest absolute Gasteiger partial charge is 0.241 e. The molecule has 0 bridgehead atoms. The van der Waals surface area contributed by atoms with Crippen LogP contribution in [0.4, 0.5) is 14.5 Å². The van der Waals surface area contributed by atoms with E-state index >= 15 is 0 Å². The highest BCUT2D eigenvalue weighted by atomic mass is 35.5. The van der Waals surface area contributed by atoms with Crippen LogP contribution in [0.5, 0.6) is 0 Å². The third kappa shape index (κ3) is 3.45. The highest BCUT2D eigenvalue weighted by Crippen LogP contribution is 2.26. The normalized spacial score (nSPS) is 17.8. The molecule has 1 aromatic rings. The van der Waals surface area contributed by atoms with Crippen LogP contribution >= 0.6 is 11.6 Å². The number of halogens is 3. The second-order valence-corrected chi connectivity index (χ2v) is 5.10. The highest BCUT2D eigenvalue weighted by Gasteiger charge is 2.24. The predicted octanol–water partition coefficient (Wildman–Crippen LogP) is 1.85. The van der Waals surface area contributed by atoms with E-state index in [-0.39, 0.29) is 16.6 Å². The Labute approximate surface area is 121 Å². The number of rotatable bonds is 3. The Morgan fingerprint density at radius 2 is 2.05 bits per heavy atom. The summed E-state index contributed by atoms with van der Waals surface area (Å²) in [5.74, 6) is -2.02. The molecule has 1 aliphatic rings. The summed E-state index contributed by atoms with van der Waals surface area (Å²) in [6.07, 6.45) is 0. The second-order valence-electron chi connectivity index (χ2n) is 4.70. The van der Waals surface area contributed by atoms with Gasteiger partial charge in [-0.1, -0.05) is 11.6 Å². The summed E-state index contributed by atoms with van der Waals surface area (Å²) >= 11 is 5.75. The lowest BCUT2D eigenvalue weighted by Gasteiger charge is -2.31. The molecule has 1 aromatic carbocycles. The Morgan fingerprint density at radius 3 is 2.65 bits per heavy atom. The lowest BCUT2D eigenvalue weighted by atomic mass is 10.2. The number of carbonyl (C=O) groups is 1. The minimum atomic E-state index is -0.879. The Hall–Kier alpha value is -1.24. The summed E-state index contributed by atoms with van der Waals surface area (Å²) in [7, 11) is 0. The summed E-state index contributed by atoms with van der Waals surface area (Å²) in [6, 6.07) is 1.25. The van der Waals surface area contributed by atoms with Crippen molar-refractivity contribution in [1.29, 1.82) is 0 Å². The van der Waals surface area contributed by atoms with Crippen LogP contribution in [0.25, 0.3) is 0 Å². The average Bonchev–Trinajstić information content (AvgIpc) is 2.42. The van der Waals surface area contributed by atoms with Crippen molar-refractivity contribution in [3.63, 3.8) is 0 Å². The Kier molecular flexibility index (Phi) is 4.91. The molecular formula is C13H16ClF2N3O. The fourth-order valence-electron chi connectivity index (χ4n) is 2.12. The molecule has 20 heavy (non-hydrogen) atoms. The fraction of sp³-hybridized carbons (Fsp3) is 0.462. The van der Waals surface area contributed by atoms with Crippen molar-refractivity contribution < 1.29 is 13.6 Å². The highest BCUT2D eigenvalue weighted by molar-refractivity contribution is 6.33. The van der Waals surface area contributed by atoms with Gasteiger partial charge in [0.05, 0.1) is 16.8 Å². The summed E-state index contributed by atoms with van der Waals surface area (Å²) in [5.41, 5.74) is -0.181. The number of nitrogens with zero attached hydrogens (tertiary/aromatic N) is 1. The molecule has 0 aromatic heterocycles. The summed E-state index contributed by atoms with van der Waals surface area (Å²) < 4.78 is 26.6. The number of hydrogen-bond acceptors (Lipinski definition) is 3. The van der Waals surface area contributed by atoms with Gasteiger partial charge in [0.2, 0.25) is 5.91 Å². The molecule has 1 amide bonds. The van der Waals surface area contributed by atoms with Gasteiger partial charge in [-0.2, -0.15) is 0 Å². The van der Waals surface area contributed by atoms with Crippen LogP contribution < -0.4 is 10.6 Å².